The summed E-state index contributed by atoms with van der Waals surface area (Å²) in [6, 6.07) is 13.9. The molecule has 1 heterocycles. The van der Waals surface area contributed by atoms with Crippen molar-refractivity contribution >= 4 is 11.0 Å². The van der Waals surface area contributed by atoms with Gasteiger partial charge in [-0.1, -0.05) is 63.6 Å². The van der Waals surface area contributed by atoms with E-state index in [0.29, 0.717) is 11.3 Å². The summed E-state index contributed by atoms with van der Waals surface area (Å²) < 4.78 is 5.69. The second-order valence-electron chi connectivity index (χ2n) is 4.49. The zero-order valence-corrected chi connectivity index (χ0v) is 14.4. The number of fused-ring (bicyclic) bond motifs is 1. The normalized spacial score (nSPS) is 9.43. The second kappa shape index (κ2) is 8.79. The summed E-state index contributed by atoms with van der Waals surface area (Å²) in [6.07, 6.45) is 0. The maximum atomic E-state index is 12.0. The van der Waals surface area contributed by atoms with Gasteiger partial charge in [-0.2, -0.15) is 0 Å². The van der Waals surface area contributed by atoms with Gasteiger partial charge in [-0.15, -0.1) is 0 Å². The van der Waals surface area contributed by atoms with Crippen molar-refractivity contribution in [3.05, 3.63) is 64.3 Å². The minimum atomic E-state index is -0.241. The van der Waals surface area contributed by atoms with Crippen molar-refractivity contribution in [3.63, 3.8) is 0 Å². The van der Waals surface area contributed by atoms with Crippen LogP contribution in [0.5, 0.6) is 5.75 Å². The van der Waals surface area contributed by atoms with Crippen LogP contribution in [0.2, 0.25) is 0 Å². The van der Waals surface area contributed by atoms with E-state index in [4.69, 9.17) is 4.42 Å². The van der Waals surface area contributed by atoms with Gasteiger partial charge in [0.05, 0.1) is 0 Å². The van der Waals surface area contributed by atoms with Crippen LogP contribution in [-0.2, 0) is 0 Å². The monoisotopic (exact) mass is 312 g/mol. The first-order valence-electron chi connectivity index (χ1n) is 7.98. The van der Waals surface area contributed by atoms with E-state index in [-0.39, 0.29) is 16.6 Å². The molecular formula is C20H24O3. The number of phenolic OH excluding ortho intramolecular Hbond substituents is 1. The van der Waals surface area contributed by atoms with Crippen LogP contribution in [0.25, 0.3) is 22.3 Å². The molecule has 1 aromatic heterocycles. The molecule has 0 aliphatic rings. The number of aromatic hydroxyl groups is 1. The number of aryl methyl sites for hydroxylation is 1. The summed E-state index contributed by atoms with van der Waals surface area (Å²) >= 11 is 0. The molecule has 0 saturated heterocycles. The average molecular weight is 312 g/mol. The van der Waals surface area contributed by atoms with E-state index < -0.39 is 0 Å². The maximum Gasteiger partial charge on any atom is 0.197 e. The highest BCUT2D eigenvalue weighted by atomic mass is 16.3. The number of phenols is 1. The van der Waals surface area contributed by atoms with Gasteiger partial charge >= 0.3 is 0 Å². The topological polar surface area (TPSA) is 50.4 Å². The molecule has 0 radical (unpaired) electrons. The van der Waals surface area contributed by atoms with Crippen molar-refractivity contribution < 1.29 is 9.52 Å². The Hall–Kier alpha value is -2.55. The molecule has 0 atom stereocenters. The van der Waals surface area contributed by atoms with Crippen LogP contribution in [0, 0.1) is 6.92 Å². The predicted molar refractivity (Wildman–Crippen MR) is 97.0 cm³/mol. The molecule has 3 nitrogen and oxygen atoms in total. The molecule has 1 N–H and O–H groups in total. The Morgan fingerprint density at radius 1 is 0.913 bits per heavy atom. The second-order valence-corrected chi connectivity index (χ2v) is 4.49. The fraction of sp³-hybridized carbons (Fsp3) is 0.250. The van der Waals surface area contributed by atoms with E-state index in [9.17, 15) is 9.90 Å². The molecule has 0 bridgehead atoms. The van der Waals surface area contributed by atoms with Crippen LogP contribution < -0.4 is 5.43 Å². The third-order valence-corrected chi connectivity index (χ3v) is 3.07. The van der Waals surface area contributed by atoms with Crippen molar-refractivity contribution in [2.75, 3.05) is 0 Å². The molecule has 0 aliphatic carbocycles. The molecule has 0 amide bonds. The van der Waals surface area contributed by atoms with Crippen molar-refractivity contribution in [1.82, 2.24) is 0 Å². The Morgan fingerprint density at radius 2 is 1.52 bits per heavy atom. The molecule has 3 rings (SSSR count). The van der Waals surface area contributed by atoms with Gasteiger partial charge in [0, 0.05) is 11.6 Å². The van der Waals surface area contributed by atoms with E-state index in [1.807, 2.05) is 58.9 Å². The first kappa shape index (κ1) is 18.5. The highest BCUT2D eigenvalue weighted by molar-refractivity contribution is 5.84. The van der Waals surface area contributed by atoms with E-state index >= 15 is 0 Å². The van der Waals surface area contributed by atoms with Gasteiger partial charge in [0.2, 0.25) is 0 Å². The zero-order chi connectivity index (χ0) is 17.4. The first-order chi connectivity index (χ1) is 11.1. The molecule has 0 aliphatic heterocycles. The fourth-order valence-corrected chi connectivity index (χ4v) is 2.05. The van der Waals surface area contributed by atoms with Gasteiger partial charge in [0.1, 0.15) is 22.5 Å². The molecule has 122 valence electrons. The number of hydrogen-bond donors (Lipinski definition) is 1. The molecular weight excluding hydrogens is 288 g/mol. The SMILES string of the molecule is CC.CC.Cc1ccc(-c2cc(=O)c3c(O)cccc3o2)cc1. The lowest BCUT2D eigenvalue weighted by atomic mass is 10.1. The summed E-state index contributed by atoms with van der Waals surface area (Å²) in [7, 11) is 0. The molecule has 3 aromatic rings. The molecule has 3 heteroatoms. The van der Waals surface area contributed by atoms with Crippen LogP contribution in [0.1, 0.15) is 33.3 Å². The lowest BCUT2D eigenvalue weighted by molar-refractivity contribution is 0.479. The zero-order valence-electron chi connectivity index (χ0n) is 14.4. The van der Waals surface area contributed by atoms with Crippen molar-refractivity contribution in [2.24, 2.45) is 0 Å². The first-order valence-corrected chi connectivity index (χ1v) is 7.98. The molecule has 0 fully saturated rings. The molecule has 0 spiro atoms. The van der Waals surface area contributed by atoms with Crippen molar-refractivity contribution in [1.29, 1.82) is 0 Å². The summed E-state index contributed by atoms with van der Waals surface area (Å²) in [6.45, 7) is 10.00. The van der Waals surface area contributed by atoms with Crippen LogP contribution in [-0.4, -0.2) is 5.11 Å². The van der Waals surface area contributed by atoms with Crippen molar-refractivity contribution in [2.45, 2.75) is 34.6 Å². The number of hydrogen-bond acceptors (Lipinski definition) is 3. The Morgan fingerprint density at radius 3 is 2.13 bits per heavy atom. The fourth-order valence-electron chi connectivity index (χ4n) is 2.05. The summed E-state index contributed by atoms with van der Waals surface area (Å²) in [5, 5.41) is 9.91. The largest absolute Gasteiger partial charge is 0.507 e. The van der Waals surface area contributed by atoms with E-state index in [1.165, 1.54) is 12.1 Å². The Kier molecular flexibility index (Phi) is 7.07. The minimum Gasteiger partial charge on any atom is -0.507 e. The van der Waals surface area contributed by atoms with Gasteiger partial charge in [-0.25, -0.2) is 0 Å². The van der Waals surface area contributed by atoms with Gasteiger partial charge in [-0.05, 0) is 19.1 Å². The third kappa shape index (κ3) is 4.22. The van der Waals surface area contributed by atoms with Crippen LogP contribution >= 0.6 is 0 Å². The summed E-state index contributed by atoms with van der Waals surface area (Å²) in [4.78, 5) is 12.0. The third-order valence-electron chi connectivity index (χ3n) is 3.07. The quantitative estimate of drug-likeness (QED) is 0.643. The Bertz CT molecular complexity index is 799. The van der Waals surface area contributed by atoms with E-state index in [0.717, 1.165) is 11.1 Å². The lowest BCUT2D eigenvalue weighted by Crippen LogP contribution is -2.00. The van der Waals surface area contributed by atoms with E-state index in [2.05, 4.69) is 0 Å². The van der Waals surface area contributed by atoms with Gasteiger partial charge in [-0.3, -0.25) is 4.79 Å². The summed E-state index contributed by atoms with van der Waals surface area (Å²) in [5.41, 5.74) is 2.13. The van der Waals surface area contributed by atoms with Crippen LogP contribution in [0.4, 0.5) is 0 Å². The Labute approximate surface area is 137 Å². The predicted octanol–water partition coefficient (Wildman–Crippen LogP) is 5.53. The molecule has 0 saturated carbocycles. The highest BCUT2D eigenvalue weighted by Crippen LogP contribution is 2.26. The number of benzene rings is 2. The molecule has 2 aromatic carbocycles. The van der Waals surface area contributed by atoms with Crippen molar-refractivity contribution in [3.8, 4) is 17.1 Å². The molecule has 0 unspecified atom stereocenters. The van der Waals surface area contributed by atoms with Crippen LogP contribution in [0.15, 0.2) is 57.7 Å². The number of rotatable bonds is 1. The van der Waals surface area contributed by atoms with Crippen LogP contribution in [0.3, 0.4) is 0 Å². The smallest absolute Gasteiger partial charge is 0.197 e. The van der Waals surface area contributed by atoms with Gasteiger partial charge < -0.3 is 9.52 Å². The van der Waals surface area contributed by atoms with E-state index in [1.54, 1.807) is 12.1 Å². The maximum absolute atomic E-state index is 12.0. The van der Waals surface area contributed by atoms with Gasteiger partial charge in [0.25, 0.3) is 0 Å². The summed E-state index contributed by atoms with van der Waals surface area (Å²) in [5.74, 6) is 0.449. The minimum absolute atomic E-state index is 0.0540. The Balaban J connectivity index is 0.000000615. The van der Waals surface area contributed by atoms with Gasteiger partial charge in [0.15, 0.2) is 5.43 Å². The average Bonchev–Trinajstić information content (AvgIpc) is 2.59. The molecule has 23 heavy (non-hydrogen) atoms. The highest BCUT2D eigenvalue weighted by Gasteiger charge is 2.09. The lowest BCUT2D eigenvalue weighted by Gasteiger charge is -2.04. The standard InChI is InChI=1S/C16H12O3.2C2H6/c1-10-5-7-11(8-6-10)15-9-13(18)16-12(17)3-2-4-14(16)19-15;2*1-2/h2-9,17H,1H3;2*1-2H3.